The largest absolute Gasteiger partial charge is 0.497 e. The van der Waals surface area contributed by atoms with E-state index in [1.165, 1.54) is 0 Å². The molecule has 0 fully saturated rings. The zero-order chi connectivity index (χ0) is 18.6. The molecule has 7 nitrogen and oxygen atoms in total. The van der Waals surface area contributed by atoms with Gasteiger partial charge in [-0.25, -0.2) is 9.59 Å². The van der Waals surface area contributed by atoms with Gasteiger partial charge in [0.05, 0.1) is 29.8 Å². The van der Waals surface area contributed by atoms with Crippen LogP contribution in [0.3, 0.4) is 0 Å². The standard InChI is InChI=1S/C18H17NO6/c1-10(11-3-6-13(25-2)7-4-11)19-16(20)15-9-12(17(21)22)5-8-14(15)18(23)24/h3-10H,1-2H3,(H,19,20)(H,21,22)(H,23,24). The molecule has 0 aliphatic heterocycles. The van der Waals surface area contributed by atoms with Crippen LogP contribution >= 0.6 is 0 Å². The molecule has 0 saturated carbocycles. The lowest BCUT2D eigenvalue weighted by Crippen LogP contribution is -2.28. The van der Waals surface area contributed by atoms with Gasteiger partial charge in [-0.2, -0.15) is 0 Å². The Morgan fingerprint density at radius 3 is 2.12 bits per heavy atom. The second-order valence-electron chi connectivity index (χ2n) is 5.34. The second kappa shape index (κ2) is 7.48. The molecule has 0 aromatic heterocycles. The Labute approximate surface area is 143 Å². The Bertz CT molecular complexity index is 813. The maximum absolute atomic E-state index is 12.5. The zero-order valence-corrected chi connectivity index (χ0v) is 13.6. The van der Waals surface area contributed by atoms with Crippen molar-refractivity contribution in [3.05, 3.63) is 64.7 Å². The van der Waals surface area contributed by atoms with Gasteiger partial charge in [-0.1, -0.05) is 12.1 Å². The first-order valence-corrected chi connectivity index (χ1v) is 7.39. The van der Waals surface area contributed by atoms with Crippen LogP contribution in [0.4, 0.5) is 0 Å². The Morgan fingerprint density at radius 1 is 0.960 bits per heavy atom. The lowest BCUT2D eigenvalue weighted by atomic mass is 10.0. The number of hydrogen-bond acceptors (Lipinski definition) is 4. The summed E-state index contributed by atoms with van der Waals surface area (Å²) in [6.45, 7) is 1.74. The quantitative estimate of drug-likeness (QED) is 0.743. The number of carbonyl (C=O) groups excluding carboxylic acids is 1. The minimum atomic E-state index is -1.31. The number of rotatable bonds is 6. The monoisotopic (exact) mass is 343 g/mol. The predicted molar refractivity (Wildman–Crippen MR) is 89.2 cm³/mol. The molecule has 2 aromatic rings. The van der Waals surface area contributed by atoms with E-state index in [0.29, 0.717) is 5.75 Å². The van der Waals surface area contributed by atoms with Crippen molar-refractivity contribution in [1.29, 1.82) is 0 Å². The highest BCUT2D eigenvalue weighted by molar-refractivity contribution is 6.06. The Hall–Kier alpha value is -3.35. The number of aromatic carboxylic acids is 2. The molecule has 0 bridgehead atoms. The summed E-state index contributed by atoms with van der Waals surface area (Å²) in [5.41, 5.74) is 0.171. The van der Waals surface area contributed by atoms with E-state index in [9.17, 15) is 19.5 Å². The molecule has 0 radical (unpaired) electrons. The first kappa shape index (κ1) is 18.0. The van der Waals surface area contributed by atoms with Gasteiger partial charge in [0.1, 0.15) is 5.75 Å². The van der Waals surface area contributed by atoms with E-state index in [1.807, 2.05) is 0 Å². The summed E-state index contributed by atoms with van der Waals surface area (Å²) in [4.78, 5) is 34.8. The fraction of sp³-hybridized carbons (Fsp3) is 0.167. The minimum absolute atomic E-state index is 0.160. The van der Waals surface area contributed by atoms with E-state index in [4.69, 9.17) is 9.84 Å². The first-order chi connectivity index (χ1) is 11.8. The highest BCUT2D eigenvalue weighted by Gasteiger charge is 2.20. The molecule has 130 valence electrons. The third-order valence-electron chi connectivity index (χ3n) is 3.70. The number of nitrogens with one attached hydrogen (secondary N) is 1. The van der Waals surface area contributed by atoms with Crippen molar-refractivity contribution in [3.63, 3.8) is 0 Å². The average Bonchev–Trinajstić information content (AvgIpc) is 2.60. The Morgan fingerprint density at radius 2 is 1.60 bits per heavy atom. The molecule has 0 aliphatic carbocycles. The van der Waals surface area contributed by atoms with Gasteiger partial charge in [-0.15, -0.1) is 0 Å². The highest BCUT2D eigenvalue weighted by atomic mass is 16.5. The molecule has 3 N–H and O–H groups in total. The van der Waals surface area contributed by atoms with E-state index in [2.05, 4.69) is 5.32 Å². The Balaban J connectivity index is 2.27. The van der Waals surface area contributed by atoms with Gasteiger partial charge in [-0.05, 0) is 42.8 Å². The summed E-state index contributed by atoms with van der Waals surface area (Å²) in [5, 5.41) is 20.9. The molecule has 2 rings (SSSR count). The smallest absolute Gasteiger partial charge is 0.336 e. The fourth-order valence-corrected chi connectivity index (χ4v) is 2.30. The molecule has 0 heterocycles. The minimum Gasteiger partial charge on any atom is -0.497 e. The normalized spacial score (nSPS) is 11.4. The van der Waals surface area contributed by atoms with Crippen LogP contribution in [0.2, 0.25) is 0 Å². The van der Waals surface area contributed by atoms with Crippen molar-refractivity contribution in [3.8, 4) is 5.75 Å². The third kappa shape index (κ3) is 4.14. The number of carboxylic acids is 2. The van der Waals surface area contributed by atoms with Crippen molar-refractivity contribution in [2.75, 3.05) is 7.11 Å². The molecule has 0 spiro atoms. The first-order valence-electron chi connectivity index (χ1n) is 7.39. The maximum atomic E-state index is 12.5. The van der Waals surface area contributed by atoms with Crippen molar-refractivity contribution in [1.82, 2.24) is 5.32 Å². The van der Waals surface area contributed by atoms with E-state index >= 15 is 0 Å². The summed E-state index contributed by atoms with van der Waals surface area (Å²) in [5.74, 6) is -2.54. The van der Waals surface area contributed by atoms with Crippen molar-refractivity contribution in [2.45, 2.75) is 13.0 Å². The van der Waals surface area contributed by atoms with Crippen LogP contribution in [0.1, 0.15) is 49.6 Å². The summed E-state index contributed by atoms with van der Waals surface area (Å²) in [6.07, 6.45) is 0. The number of methoxy groups -OCH3 is 1. The van der Waals surface area contributed by atoms with Gasteiger partial charge in [0.2, 0.25) is 0 Å². The summed E-state index contributed by atoms with van der Waals surface area (Å²) in [7, 11) is 1.54. The van der Waals surface area contributed by atoms with Crippen LogP contribution < -0.4 is 10.1 Å². The van der Waals surface area contributed by atoms with E-state index in [1.54, 1.807) is 38.3 Å². The molecular formula is C18H17NO6. The predicted octanol–water partition coefficient (Wildman–Crippen LogP) is 2.58. The topological polar surface area (TPSA) is 113 Å². The van der Waals surface area contributed by atoms with Gasteiger partial charge in [0, 0.05) is 0 Å². The van der Waals surface area contributed by atoms with E-state index < -0.39 is 23.9 Å². The number of amides is 1. The van der Waals surface area contributed by atoms with Gasteiger partial charge >= 0.3 is 11.9 Å². The van der Waals surface area contributed by atoms with Crippen LogP contribution in [0, 0.1) is 0 Å². The van der Waals surface area contributed by atoms with Crippen molar-refractivity contribution in [2.24, 2.45) is 0 Å². The molecule has 1 amide bonds. The molecule has 0 aliphatic rings. The highest BCUT2D eigenvalue weighted by Crippen LogP contribution is 2.19. The van der Waals surface area contributed by atoms with Crippen LogP contribution in [0.5, 0.6) is 5.75 Å². The molecule has 2 aromatic carbocycles. The van der Waals surface area contributed by atoms with Gasteiger partial charge in [0.15, 0.2) is 0 Å². The number of carboxylic acid groups (broad SMARTS) is 2. The number of carbonyl (C=O) groups is 3. The zero-order valence-electron chi connectivity index (χ0n) is 13.6. The molecule has 1 atom stereocenters. The molecule has 0 saturated heterocycles. The molecular weight excluding hydrogens is 326 g/mol. The lowest BCUT2D eigenvalue weighted by molar-refractivity contribution is 0.0678. The van der Waals surface area contributed by atoms with Crippen LogP contribution in [-0.4, -0.2) is 35.2 Å². The van der Waals surface area contributed by atoms with Crippen LogP contribution in [0.15, 0.2) is 42.5 Å². The lowest BCUT2D eigenvalue weighted by Gasteiger charge is -2.16. The number of hydrogen-bond donors (Lipinski definition) is 3. The van der Waals surface area contributed by atoms with Crippen LogP contribution in [0.25, 0.3) is 0 Å². The van der Waals surface area contributed by atoms with Gasteiger partial charge in [-0.3, -0.25) is 4.79 Å². The summed E-state index contributed by atoms with van der Waals surface area (Å²) >= 11 is 0. The number of benzene rings is 2. The van der Waals surface area contributed by atoms with Crippen molar-refractivity contribution < 1.29 is 29.3 Å². The SMILES string of the molecule is COc1ccc(C(C)NC(=O)c2cc(C(=O)O)ccc2C(=O)O)cc1. The van der Waals surface area contributed by atoms with Crippen molar-refractivity contribution >= 4 is 17.8 Å². The van der Waals surface area contributed by atoms with Gasteiger partial charge < -0.3 is 20.3 Å². The molecule has 1 unspecified atom stereocenters. The third-order valence-corrected chi connectivity index (χ3v) is 3.70. The summed E-state index contributed by atoms with van der Waals surface area (Å²) < 4.78 is 5.07. The van der Waals surface area contributed by atoms with E-state index in [-0.39, 0.29) is 16.7 Å². The van der Waals surface area contributed by atoms with E-state index in [0.717, 1.165) is 23.8 Å². The second-order valence-corrected chi connectivity index (χ2v) is 5.34. The molecule has 7 heteroatoms. The Kier molecular flexibility index (Phi) is 5.38. The molecule has 25 heavy (non-hydrogen) atoms. The van der Waals surface area contributed by atoms with Crippen LogP contribution in [-0.2, 0) is 0 Å². The fourth-order valence-electron chi connectivity index (χ4n) is 2.30. The number of ether oxygens (including phenoxy) is 1. The average molecular weight is 343 g/mol. The van der Waals surface area contributed by atoms with Gasteiger partial charge in [0.25, 0.3) is 5.91 Å². The summed E-state index contributed by atoms with van der Waals surface area (Å²) in [6, 6.07) is 9.94. The maximum Gasteiger partial charge on any atom is 0.336 e.